The fourth-order valence-electron chi connectivity index (χ4n) is 2.34. The highest BCUT2D eigenvalue weighted by Crippen LogP contribution is 2.13. The third-order valence-electron chi connectivity index (χ3n) is 3.63. The smallest absolute Gasteiger partial charge is 0.304 e. The molecule has 0 radical (unpaired) electrons. The van der Waals surface area contributed by atoms with Crippen molar-refractivity contribution >= 4 is 22.0 Å². The molecule has 2 rings (SSSR count). The molecule has 0 aliphatic carbocycles. The van der Waals surface area contributed by atoms with E-state index in [1.165, 1.54) is 0 Å². The molecule has 1 fully saturated rings. The zero-order valence-electron chi connectivity index (χ0n) is 13.5. The molecule has 1 heterocycles. The van der Waals surface area contributed by atoms with Gasteiger partial charge < -0.3 is 11.1 Å². The van der Waals surface area contributed by atoms with Gasteiger partial charge in [0.15, 0.2) is 0 Å². The number of nitrogens with zero attached hydrogens (tertiary/aromatic N) is 1. The summed E-state index contributed by atoms with van der Waals surface area (Å²) in [7, 11) is -3.72. The van der Waals surface area contributed by atoms with Crippen LogP contribution in [0.5, 0.6) is 0 Å². The van der Waals surface area contributed by atoms with Gasteiger partial charge in [0.2, 0.25) is 11.8 Å². The molecule has 2 amide bonds. The van der Waals surface area contributed by atoms with Crippen molar-refractivity contribution < 1.29 is 18.0 Å². The SMILES string of the molecule is CCCNC(=O)C(N)Cc1ccc(CN2CC(=O)NS2(=O)=O)cc1. The number of carbonyl (C=O) groups excluding carboxylic acids is 2. The molecule has 1 atom stereocenters. The summed E-state index contributed by atoms with van der Waals surface area (Å²) in [5, 5.41) is 2.75. The molecule has 1 unspecified atom stereocenters. The predicted octanol–water partition coefficient (Wildman–Crippen LogP) is -0.741. The lowest BCUT2D eigenvalue weighted by Crippen LogP contribution is -2.42. The maximum Gasteiger partial charge on any atom is 0.304 e. The number of hydrogen-bond donors (Lipinski definition) is 3. The van der Waals surface area contributed by atoms with E-state index in [9.17, 15) is 18.0 Å². The molecule has 0 aromatic heterocycles. The Balaban J connectivity index is 1.93. The van der Waals surface area contributed by atoms with Gasteiger partial charge in [-0.25, -0.2) is 4.72 Å². The van der Waals surface area contributed by atoms with E-state index < -0.39 is 22.2 Å². The summed E-state index contributed by atoms with van der Waals surface area (Å²) < 4.78 is 26.4. The van der Waals surface area contributed by atoms with Gasteiger partial charge in [-0.1, -0.05) is 31.2 Å². The van der Waals surface area contributed by atoms with Gasteiger partial charge in [-0.15, -0.1) is 0 Å². The molecule has 1 aromatic carbocycles. The van der Waals surface area contributed by atoms with Crippen LogP contribution in [0.3, 0.4) is 0 Å². The molecule has 1 aliphatic rings. The van der Waals surface area contributed by atoms with Crippen LogP contribution < -0.4 is 15.8 Å². The summed E-state index contributed by atoms with van der Waals surface area (Å²) in [4.78, 5) is 22.9. The van der Waals surface area contributed by atoms with Gasteiger partial charge in [0.25, 0.3) is 0 Å². The van der Waals surface area contributed by atoms with Gasteiger partial charge in [0, 0.05) is 13.1 Å². The molecular weight excluding hydrogens is 332 g/mol. The van der Waals surface area contributed by atoms with Crippen molar-refractivity contribution in [2.24, 2.45) is 5.73 Å². The van der Waals surface area contributed by atoms with E-state index in [-0.39, 0.29) is 19.0 Å². The minimum atomic E-state index is -3.72. The first kappa shape index (κ1) is 18.4. The van der Waals surface area contributed by atoms with Crippen molar-refractivity contribution in [3.8, 4) is 0 Å². The monoisotopic (exact) mass is 354 g/mol. The highest BCUT2D eigenvalue weighted by Gasteiger charge is 2.33. The topological polar surface area (TPSA) is 122 Å². The Labute approximate surface area is 141 Å². The van der Waals surface area contributed by atoms with Crippen molar-refractivity contribution in [1.82, 2.24) is 14.3 Å². The van der Waals surface area contributed by atoms with E-state index in [4.69, 9.17) is 5.73 Å². The standard InChI is InChI=1S/C15H22N4O4S/c1-2-7-17-15(21)13(16)8-11-3-5-12(6-4-11)9-19-10-14(20)18-24(19,22)23/h3-6,13H,2,7-10,16H2,1H3,(H,17,21)(H,18,20). The Hall–Kier alpha value is -1.97. The molecule has 9 heteroatoms. The molecule has 24 heavy (non-hydrogen) atoms. The average Bonchev–Trinajstić information content (AvgIpc) is 2.78. The Morgan fingerprint density at radius 1 is 1.33 bits per heavy atom. The molecule has 0 bridgehead atoms. The normalized spacial score (nSPS) is 18.2. The van der Waals surface area contributed by atoms with Crippen LogP contribution in [-0.2, 0) is 32.8 Å². The zero-order chi connectivity index (χ0) is 17.7. The predicted molar refractivity (Wildman–Crippen MR) is 88.9 cm³/mol. The minimum absolute atomic E-state index is 0.115. The molecule has 132 valence electrons. The molecular formula is C15H22N4O4S. The Morgan fingerprint density at radius 3 is 2.50 bits per heavy atom. The Morgan fingerprint density at radius 2 is 1.96 bits per heavy atom. The average molecular weight is 354 g/mol. The minimum Gasteiger partial charge on any atom is -0.355 e. The molecule has 1 saturated heterocycles. The van der Waals surface area contributed by atoms with E-state index in [1.54, 1.807) is 24.3 Å². The second-order valence-electron chi connectivity index (χ2n) is 5.72. The van der Waals surface area contributed by atoms with Crippen LogP contribution in [-0.4, -0.2) is 43.7 Å². The van der Waals surface area contributed by atoms with Crippen LogP contribution in [0.4, 0.5) is 0 Å². The maximum absolute atomic E-state index is 11.8. The van der Waals surface area contributed by atoms with Crippen LogP contribution in [0.2, 0.25) is 0 Å². The van der Waals surface area contributed by atoms with Crippen molar-refractivity contribution in [3.05, 3.63) is 35.4 Å². The summed E-state index contributed by atoms with van der Waals surface area (Å²) >= 11 is 0. The van der Waals surface area contributed by atoms with E-state index >= 15 is 0 Å². The third-order valence-corrected chi connectivity index (χ3v) is 5.05. The summed E-state index contributed by atoms with van der Waals surface area (Å²) in [6.45, 7) is 2.51. The van der Waals surface area contributed by atoms with E-state index in [0.29, 0.717) is 13.0 Å². The summed E-state index contributed by atoms with van der Waals surface area (Å²) in [6, 6.07) is 6.53. The van der Waals surface area contributed by atoms with Gasteiger partial charge >= 0.3 is 10.2 Å². The van der Waals surface area contributed by atoms with Gasteiger partial charge in [-0.2, -0.15) is 12.7 Å². The number of hydrogen-bond acceptors (Lipinski definition) is 5. The summed E-state index contributed by atoms with van der Waals surface area (Å²) in [5.74, 6) is -0.718. The van der Waals surface area contributed by atoms with Crippen LogP contribution in [0.15, 0.2) is 24.3 Å². The Kier molecular flexibility index (Phi) is 5.92. The number of nitrogens with one attached hydrogen (secondary N) is 2. The summed E-state index contributed by atoms with van der Waals surface area (Å²) in [5.41, 5.74) is 7.50. The van der Waals surface area contributed by atoms with E-state index in [1.807, 2.05) is 11.6 Å². The maximum atomic E-state index is 11.8. The fraction of sp³-hybridized carbons (Fsp3) is 0.467. The van der Waals surface area contributed by atoms with Crippen molar-refractivity contribution in [1.29, 1.82) is 0 Å². The number of nitrogens with two attached hydrogens (primary N) is 1. The van der Waals surface area contributed by atoms with Crippen molar-refractivity contribution in [2.45, 2.75) is 32.4 Å². The second-order valence-corrected chi connectivity index (χ2v) is 7.39. The van der Waals surface area contributed by atoms with Gasteiger partial charge in [0.05, 0.1) is 12.6 Å². The number of amides is 2. The number of rotatable bonds is 7. The lowest BCUT2D eigenvalue weighted by Gasteiger charge is -2.14. The lowest BCUT2D eigenvalue weighted by molar-refractivity contribution is -0.122. The fourth-order valence-corrected chi connectivity index (χ4v) is 3.42. The quantitative estimate of drug-likeness (QED) is 0.595. The van der Waals surface area contributed by atoms with Crippen LogP contribution in [0.25, 0.3) is 0 Å². The lowest BCUT2D eigenvalue weighted by atomic mass is 10.0. The number of benzene rings is 1. The van der Waals surface area contributed by atoms with Crippen LogP contribution >= 0.6 is 0 Å². The highest BCUT2D eigenvalue weighted by atomic mass is 32.2. The van der Waals surface area contributed by atoms with Gasteiger partial charge in [-0.3, -0.25) is 9.59 Å². The largest absolute Gasteiger partial charge is 0.355 e. The second kappa shape index (κ2) is 7.73. The summed E-state index contributed by atoms with van der Waals surface area (Å²) in [6.07, 6.45) is 1.25. The molecule has 0 saturated carbocycles. The zero-order valence-corrected chi connectivity index (χ0v) is 14.3. The van der Waals surface area contributed by atoms with Gasteiger partial charge in [0.1, 0.15) is 0 Å². The van der Waals surface area contributed by atoms with E-state index in [2.05, 4.69) is 5.32 Å². The van der Waals surface area contributed by atoms with Crippen LogP contribution in [0, 0.1) is 0 Å². The van der Waals surface area contributed by atoms with Gasteiger partial charge in [-0.05, 0) is 24.0 Å². The molecule has 0 spiro atoms. The van der Waals surface area contributed by atoms with Crippen LogP contribution in [0.1, 0.15) is 24.5 Å². The molecule has 8 nitrogen and oxygen atoms in total. The molecule has 4 N–H and O–H groups in total. The Bertz CT molecular complexity index is 703. The highest BCUT2D eigenvalue weighted by molar-refractivity contribution is 7.88. The third kappa shape index (κ3) is 4.76. The molecule has 1 aliphatic heterocycles. The first-order chi connectivity index (χ1) is 11.3. The first-order valence-electron chi connectivity index (χ1n) is 7.73. The van der Waals surface area contributed by atoms with Crippen molar-refractivity contribution in [2.75, 3.05) is 13.1 Å². The number of carbonyl (C=O) groups is 2. The van der Waals surface area contributed by atoms with Crippen molar-refractivity contribution in [3.63, 3.8) is 0 Å². The van der Waals surface area contributed by atoms with E-state index in [0.717, 1.165) is 21.9 Å². The first-order valence-corrected chi connectivity index (χ1v) is 9.17. The molecule has 1 aromatic rings.